The van der Waals surface area contributed by atoms with Gasteiger partial charge in [-0.1, -0.05) is 41.4 Å². The zero-order valence-electron chi connectivity index (χ0n) is 17.3. The SMILES string of the molecule is CC(Cc1ccc(Cl)cc1Cl)NC(=O)C1CCN(c2ccc3cccc(O)c3n2)CC1. The number of aromatic hydroxyl groups is 1. The Hall–Kier alpha value is -2.50. The van der Waals surface area contributed by atoms with Crippen LogP contribution in [0, 0.1) is 5.92 Å². The number of piperidine rings is 1. The molecule has 0 spiro atoms. The van der Waals surface area contributed by atoms with Crippen molar-refractivity contribution in [2.75, 3.05) is 18.0 Å². The van der Waals surface area contributed by atoms with E-state index in [1.807, 2.05) is 43.3 Å². The maximum absolute atomic E-state index is 12.8. The van der Waals surface area contributed by atoms with Crippen LogP contribution in [0.5, 0.6) is 5.75 Å². The Morgan fingerprint density at radius 3 is 2.71 bits per heavy atom. The first-order chi connectivity index (χ1) is 14.9. The van der Waals surface area contributed by atoms with Crippen molar-refractivity contribution >= 4 is 45.8 Å². The van der Waals surface area contributed by atoms with Crippen LogP contribution in [0.25, 0.3) is 10.9 Å². The van der Waals surface area contributed by atoms with Crippen LogP contribution in [0.15, 0.2) is 48.5 Å². The van der Waals surface area contributed by atoms with E-state index in [1.54, 1.807) is 12.1 Å². The number of hydrogen-bond donors (Lipinski definition) is 2. The van der Waals surface area contributed by atoms with Gasteiger partial charge in [0, 0.05) is 40.5 Å². The number of rotatable bonds is 5. The lowest BCUT2D eigenvalue weighted by molar-refractivity contribution is -0.126. The van der Waals surface area contributed by atoms with Crippen LogP contribution in [0.2, 0.25) is 10.0 Å². The first-order valence-electron chi connectivity index (χ1n) is 10.5. The minimum atomic E-state index is -0.0201. The van der Waals surface area contributed by atoms with E-state index in [2.05, 4.69) is 15.2 Å². The number of carbonyl (C=O) groups excluding carboxylic acids is 1. The lowest BCUT2D eigenvalue weighted by Gasteiger charge is -2.32. The number of hydrogen-bond acceptors (Lipinski definition) is 4. The summed E-state index contributed by atoms with van der Waals surface area (Å²) < 4.78 is 0. The number of para-hydroxylation sites is 1. The van der Waals surface area contributed by atoms with Gasteiger partial charge in [0.2, 0.25) is 5.91 Å². The molecule has 2 N–H and O–H groups in total. The zero-order chi connectivity index (χ0) is 22.0. The van der Waals surface area contributed by atoms with Gasteiger partial charge in [-0.25, -0.2) is 4.98 Å². The Morgan fingerprint density at radius 1 is 1.19 bits per heavy atom. The van der Waals surface area contributed by atoms with Gasteiger partial charge in [-0.3, -0.25) is 4.79 Å². The third-order valence-electron chi connectivity index (χ3n) is 5.80. The second-order valence-corrected chi connectivity index (χ2v) is 8.97. The van der Waals surface area contributed by atoms with Gasteiger partial charge in [-0.15, -0.1) is 0 Å². The predicted molar refractivity (Wildman–Crippen MR) is 126 cm³/mol. The predicted octanol–water partition coefficient (Wildman–Crippen LogP) is 5.21. The van der Waals surface area contributed by atoms with E-state index in [-0.39, 0.29) is 23.6 Å². The molecule has 0 aliphatic carbocycles. The lowest BCUT2D eigenvalue weighted by atomic mass is 9.95. The van der Waals surface area contributed by atoms with Crippen molar-refractivity contribution in [1.82, 2.24) is 10.3 Å². The summed E-state index contributed by atoms with van der Waals surface area (Å²) in [6.07, 6.45) is 2.19. The molecule has 1 aliphatic rings. The van der Waals surface area contributed by atoms with Crippen molar-refractivity contribution in [3.63, 3.8) is 0 Å². The van der Waals surface area contributed by atoms with Crippen LogP contribution < -0.4 is 10.2 Å². The number of amides is 1. The molecule has 1 amide bonds. The summed E-state index contributed by atoms with van der Waals surface area (Å²) in [4.78, 5) is 19.6. The Bertz CT molecular complexity index is 1100. The van der Waals surface area contributed by atoms with Crippen molar-refractivity contribution in [3.05, 3.63) is 64.1 Å². The molecule has 0 bridgehead atoms. The van der Waals surface area contributed by atoms with Crippen LogP contribution in [0.3, 0.4) is 0 Å². The van der Waals surface area contributed by atoms with Crippen LogP contribution >= 0.6 is 23.2 Å². The first kappa shape index (κ1) is 21.7. The van der Waals surface area contributed by atoms with Gasteiger partial charge in [0.15, 0.2) is 0 Å². The van der Waals surface area contributed by atoms with Gasteiger partial charge in [0.25, 0.3) is 0 Å². The molecule has 1 saturated heterocycles. The van der Waals surface area contributed by atoms with Gasteiger partial charge in [0.05, 0.1) is 0 Å². The average molecular weight is 458 g/mol. The number of benzene rings is 2. The summed E-state index contributed by atoms with van der Waals surface area (Å²) in [6, 6.07) is 14.8. The summed E-state index contributed by atoms with van der Waals surface area (Å²) in [5.74, 6) is 1.08. The maximum atomic E-state index is 12.8. The van der Waals surface area contributed by atoms with Gasteiger partial charge in [-0.2, -0.15) is 0 Å². The number of aromatic nitrogens is 1. The number of nitrogens with zero attached hydrogens (tertiary/aromatic N) is 2. The van der Waals surface area contributed by atoms with Crippen molar-refractivity contribution in [2.45, 2.75) is 32.2 Å². The van der Waals surface area contributed by atoms with E-state index in [0.29, 0.717) is 22.0 Å². The second-order valence-electron chi connectivity index (χ2n) is 8.13. The fraction of sp³-hybridized carbons (Fsp3) is 0.333. The summed E-state index contributed by atoms with van der Waals surface area (Å²) in [7, 11) is 0. The molecule has 4 rings (SSSR count). The number of pyridine rings is 1. The number of fused-ring (bicyclic) bond motifs is 1. The highest BCUT2D eigenvalue weighted by molar-refractivity contribution is 6.35. The Morgan fingerprint density at radius 2 is 1.97 bits per heavy atom. The highest BCUT2D eigenvalue weighted by atomic mass is 35.5. The van der Waals surface area contributed by atoms with E-state index >= 15 is 0 Å². The summed E-state index contributed by atoms with van der Waals surface area (Å²) in [5.41, 5.74) is 1.58. The van der Waals surface area contributed by atoms with Crippen LogP contribution in [0.4, 0.5) is 5.82 Å². The number of nitrogens with one attached hydrogen (secondary N) is 1. The van der Waals surface area contributed by atoms with Crippen molar-refractivity contribution in [2.24, 2.45) is 5.92 Å². The zero-order valence-corrected chi connectivity index (χ0v) is 18.8. The molecule has 2 heterocycles. The van der Waals surface area contributed by atoms with E-state index in [0.717, 1.165) is 42.7 Å². The molecule has 3 aromatic rings. The molecular weight excluding hydrogens is 433 g/mol. The van der Waals surface area contributed by atoms with Crippen LogP contribution in [-0.2, 0) is 11.2 Å². The highest BCUT2D eigenvalue weighted by Crippen LogP contribution is 2.28. The van der Waals surface area contributed by atoms with Crippen LogP contribution in [0.1, 0.15) is 25.3 Å². The first-order valence-corrected chi connectivity index (χ1v) is 11.2. The number of carbonyl (C=O) groups is 1. The molecule has 1 atom stereocenters. The normalized spacial score (nSPS) is 15.8. The fourth-order valence-corrected chi connectivity index (χ4v) is 4.58. The van der Waals surface area contributed by atoms with Gasteiger partial charge in [0.1, 0.15) is 17.1 Å². The number of phenolic OH excluding ortho intramolecular Hbond substituents is 1. The molecule has 7 heteroatoms. The summed E-state index contributed by atoms with van der Waals surface area (Å²) in [6.45, 7) is 3.49. The molecular formula is C24H25Cl2N3O2. The van der Waals surface area contributed by atoms with E-state index < -0.39 is 0 Å². The van der Waals surface area contributed by atoms with E-state index in [4.69, 9.17) is 23.2 Å². The standard InChI is InChI=1S/C24H25Cl2N3O2/c1-15(13-18-5-7-19(25)14-20(18)26)27-24(31)17-9-11-29(12-10-17)22-8-6-16-3-2-4-21(30)23(16)28-22/h2-8,14-15,17,30H,9-13H2,1H3,(H,27,31). The van der Waals surface area contributed by atoms with Gasteiger partial charge >= 0.3 is 0 Å². The largest absolute Gasteiger partial charge is 0.506 e. The molecule has 31 heavy (non-hydrogen) atoms. The molecule has 1 aliphatic heterocycles. The molecule has 162 valence electrons. The second kappa shape index (κ2) is 9.33. The molecule has 1 aromatic heterocycles. The third kappa shape index (κ3) is 5.05. The average Bonchev–Trinajstić information content (AvgIpc) is 2.76. The van der Waals surface area contributed by atoms with Gasteiger partial charge in [-0.05, 0) is 62.1 Å². The van der Waals surface area contributed by atoms with Crippen molar-refractivity contribution in [1.29, 1.82) is 0 Å². The number of phenols is 1. The molecule has 5 nitrogen and oxygen atoms in total. The van der Waals surface area contributed by atoms with E-state index in [1.165, 1.54) is 0 Å². The third-order valence-corrected chi connectivity index (χ3v) is 6.39. The van der Waals surface area contributed by atoms with Gasteiger partial charge < -0.3 is 15.3 Å². The molecule has 2 aromatic carbocycles. The maximum Gasteiger partial charge on any atom is 0.223 e. The number of halogens is 2. The topological polar surface area (TPSA) is 65.5 Å². The summed E-state index contributed by atoms with van der Waals surface area (Å²) in [5, 5.41) is 15.3. The molecule has 0 saturated carbocycles. The minimum absolute atomic E-state index is 0.0191. The smallest absolute Gasteiger partial charge is 0.223 e. The Labute approximate surface area is 192 Å². The molecule has 1 fully saturated rings. The molecule has 0 radical (unpaired) electrons. The van der Waals surface area contributed by atoms with E-state index in [9.17, 15) is 9.90 Å². The highest BCUT2D eigenvalue weighted by Gasteiger charge is 2.26. The quantitative estimate of drug-likeness (QED) is 0.551. The van der Waals surface area contributed by atoms with Crippen LogP contribution in [-0.4, -0.2) is 35.1 Å². The minimum Gasteiger partial charge on any atom is -0.506 e. The summed E-state index contributed by atoms with van der Waals surface area (Å²) >= 11 is 12.2. The number of anilines is 1. The van der Waals surface area contributed by atoms with Crippen molar-refractivity contribution < 1.29 is 9.90 Å². The fourth-order valence-electron chi connectivity index (χ4n) is 4.10. The lowest BCUT2D eigenvalue weighted by Crippen LogP contribution is -2.43. The molecule has 1 unspecified atom stereocenters. The monoisotopic (exact) mass is 457 g/mol. The van der Waals surface area contributed by atoms with Crippen molar-refractivity contribution in [3.8, 4) is 5.75 Å². The Kier molecular flexibility index (Phi) is 6.54. The Balaban J connectivity index is 1.33.